The molecule has 86 valence electrons. The Morgan fingerprint density at radius 3 is 3.00 bits per heavy atom. The number of nitrogens with zero attached hydrogens (tertiary/aromatic N) is 3. The minimum atomic E-state index is 0.745. The lowest BCUT2D eigenvalue weighted by Gasteiger charge is -1.98. The number of unbranched alkanes of at least 4 members (excludes halogenated alkanes) is 1. The normalized spacial score (nSPS) is 10.9. The maximum Gasteiger partial charge on any atom is 0.106 e. The summed E-state index contributed by atoms with van der Waals surface area (Å²) in [4.78, 5) is 7.65. The molecule has 0 unspecified atom stereocenters. The SMILES string of the molecule is Cn1nccc1-c1cnc(CCCCN)[nH]1. The zero-order chi connectivity index (χ0) is 11.4. The van der Waals surface area contributed by atoms with Crippen LogP contribution in [0.15, 0.2) is 18.5 Å². The van der Waals surface area contributed by atoms with Crippen LogP contribution in [0.1, 0.15) is 18.7 Å². The van der Waals surface area contributed by atoms with Gasteiger partial charge in [0.05, 0.1) is 17.6 Å². The van der Waals surface area contributed by atoms with E-state index in [2.05, 4.69) is 15.1 Å². The molecule has 0 aliphatic heterocycles. The van der Waals surface area contributed by atoms with Gasteiger partial charge in [-0.05, 0) is 25.5 Å². The summed E-state index contributed by atoms with van der Waals surface area (Å²) in [5.41, 5.74) is 7.52. The van der Waals surface area contributed by atoms with Crippen LogP contribution in [-0.4, -0.2) is 26.3 Å². The van der Waals surface area contributed by atoms with E-state index in [-0.39, 0.29) is 0 Å². The lowest BCUT2D eigenvalue weighted by atomic mass is 10.2. The van der Waals surface area contributed by atoms with E-state index in [1.54, 1.807) is 6.20 Å². The van der Waals surface area contributed by atoms with Crippen molar-refractivity contribution in [3.63, 3.8) is 0 Å². The lowest BCUT2D eigenvalue weighted by molar-refractivity contribution is 0.722. The van der Waals surface area contributed by atoms with E-state index in [0.29, 0.717) is 0 Å². The monoisotopic (exact) mass is 219 g/mol. The number of aryl methyl sites for hydroxylation is 2. The van der Waals surface area contributed by atoms with Gasteiger partial charge in [0.15, 0.2) is 0 Å². The first kappa shape index (κ1) is 10.9. The third kappa shape index (κ3) is 2.30. The van der Waals surface area contributed by atoms with Crippen LogP contribution in [0, 0.1) is 0 Å². The molecular formula is C11H17N5. The van der Waals surface area contributed by atoms with Crippen LogP contribution in [0.4, 0.5) is 0 Å². The summed E-state index contributed by atoms with van der Waals surface area (Å²) in [6.45, 7) is 0.745. The molecule has 5 heteroatoms. The van der Waals surface area contributed by atoms with Crippen molar-refractivity contribution in [1.82, 2.24) is 19.7 Å². The van der Waals surface area contributed by atoms with E-state index in [1.807, 2.05) is 24.0 Å². The molecule has 5 nitrogen and oxygen atoms in total. The summed E-state index contributed by atoms with van der Waals surface area (Å²) in [7, 11) is 1.92. The second-order valence-corrected chi connectivity index (χ2v) is 3.83. The van der Waals surface area contributed by atoms with Crippen LogP contribution in [0.3, 0.4) is 0 Å². The number of aromatic nitrogens is 4. The molecule has 0 aliphatic carbocycles. The molecule has 0 fully saturated rings. The highest BCUT2D eigenvalue weighted by molar-refractivity contribution is 5.52. The van der Waals surface area contributed by atoms with E-state index in [0.717, 1.165) is 43.0 Å². The maximum atomic E-state index is 5.45. The summed E-state index contributed by atoms with van der Waals surface area (Å²) in [6.07, 6.45) is 6.71. The summed E-state index contributed by atoms with van der Waals surface area (Å²) >= 11 is 0. The number of rotatable bonds is 5. The number of nitrogens with two attached hydrogens (primary N) is 1. The molecule has 0 aromatic carbocycles. The van der Waals surface area contributed by atoms with Gasteiger partial charge in [-0.15, -0.1) is 0 Å². The van der Waals surface area contributed by atoms with Crippen molar-refractivity contribution in [2.45, 2.75) is 19.3 Å². The van der Waals surface area contributed by atoms with Crippen molar-refractivity contribution in [1.29, 1.82) is 0 Å². The van der Waals surface area contributed by atoms with Crippen LogP contribution in [-0.2, 0) is 13.5 Å². The molecule has 2 aromatic rings. The Morgan fingerprint density at radius 2 is 2.31 bits per heavy atom. The van der Waals surface area contributed by atoms with E-state index < -0.39 is 0 Å². The number of nitrogens with one attached hydrogen (secondary N) is 1. The predicted octanol–water partition coefficient (Wildman–Crippen LogP) is 1.09. The Balaban J connectivity index is 2.05. The Morgan fingerprint density at radius 1 is 1.44 bits per heavy atom. The summed E-state index contributed by atoms with van der Waals surface area (Å²) in [5, 5.41) is 4.13. The van der Waals surface area contributed by atoms with Crippen LogP contribution < -0.4 is 5.73 Å². The fraction of sp³-hybridized carbons (Fsp3) is 0.455. The van der Waals surface area contributed by atoms with Crippen LogP contribution in [0.2, 0.25) is 0 Å². The average molecular weight is 219 g/mol. The molecule has 0 saturated carbocycles. The molecule has 0 aliphatic rings. The predicted molar refractivity (Wildman–Crippen MR) is 62.8 cm³/mol. The molecule has 2 heterocycles. The van der Waals surface area contributed by atoms with Gasteiger partial charge in [0.1, 0.15) is 5.82 Å². The fourth-order valence-corrected chi connectivity index (χ4v) is 1.69. The van der Waals surface area contributed by atoms with Crippen LogP contribution in [0.25, 0.3) is 11.4 Å². The number of hydrogen-bond donors (Lipinski definition) is 2. The van der Waals surface area contributed by atoms with Gasteiger partial charge in [-0.2, -0.15) is 5.10 Å². The number of aromatic amines is 1. The van der Waals surface area contributed by atoms with Gasteiger partial charge in [-0.3, -0.25) is 4.68 Å². The first-order chi connectivity index (χ1) is 7.81. The zero-order valence-corrected chi connectivity index (χ0v) is 9.48. The van der Waals surface area contributed by atoms with E-state index in [4.69, 9.17) is 5.73 Å². The first-order valence-electron chi connectivity index (χ1n) is 5.53. The van der Waals surface area contributed by atoms with Crippen molar-refractivity contribution >= 4 is 0 Å². The highest BCUT2D eigenvalue weighted by Gasteiger charge is 2.06. The van der Waals surface area contributed by atoms with Crippen LogP contribution in [0.5, 0.6) is 0 Å². The molecule has 0 saturated heterocycles. The summed E-state index contributed by atoms with van der Waals surface area (Å²) in [6, 6.07) is 1.97. The molecule has 2 aromatic heterocycles. The largest absolute Gasteiger partial charge is 0.341 e. The van der Waals surface area contributed by atoms with Gasteiger partial charge >= 0.3 is 0 Å². The molecule has 0 atom stereocenters. The summed E-state index contributed by atoms with van der Waals surface area (Å²) < 4.78 is 1.83. The van der Waals surface area contributed by atoms with Crippen molar-refractivity contribution in [2.75, 3.05) is 6.54 Å². The van der Waals surface area contributed by atoms with E-state index >= 15 is 0 Å². The second-order valence-electron chi connectivity index (χ2n) is 3.83. The van der Waals surface area contributed by atoms with Crippen molar-refractivity contribution in [2.24, 2.45) is 12.8 Å². The molecule has 16 heavy (non-hydrogen) atoms. The fourth-order valence-electron chi connectivity index (χ4n) is 1.69. The topological polar surface area (TPSA) is 72.5 Å². The van der Waals surface area contributed by atoms with Gasteiger partial charge in [0.2, 0.25) is 0 Å². The Hall–Kier alpha value is -1.62. The number of imidazole rings is 1. The number of H-pyrrole nitrogens is 1. The Bertz CT molecular complexity index is 443. The van der Waals surface area contributed by atoms with E-state index in [1.165, 1.54) is 0 Å². The van der Waals surface area contributed by atoms with Gasteiger partial charge in [-0.25, -0.2) is 4.98 Å². The Kier molecular flexibility index (Phi) is 3.36. The van der Waals surface area contributed by atoms with Crippen molar-refractivity contribution in [3.8, 4) is 11.4 Å². The van der Waals surface area contributed by atoms with E-state index in [9.17, 15) is 0 Å². The molecule has 0 amide bonds. The van der Waals surface area contributed by atoms with Crippen molar-refractivity contribution < 1.29 is 0 Å². The van der Waals surface area contributed by atoms with Crippen LogP contribution >= 0.6 is 0 Å². The van der Waals surface area contributed by atoms with Gasteiger partial charge < -0.3 is 10.7 Å². The number of hydrogen-bond acceptors (Lipinski definition) is 3. The first-order valence-corrected chi connectivity index (χ1v) is 5.53. The molecule has 2 rings (SSSR count). The molecule has 0 bridgehead atoms. The molecule has 3 N–H and O–H groups in total. The van der Waals surface area contributed by atoms with Gasteiger partial charge in [0.25, 0.3) is 0 Å². The average Bonchev–Trinajstić information content (AvgIpc) is 2.87. The summed E-state index contributed by atoms with van der Waals surface area (Å²) in [5.74, 6) is 1.02. The van der Waals surface area contributed by atoms with Gasteiger partial charge in [0, 0.05) is 19.7 Å². The molecule has 0 spiro atoms. The lowest BCUT2D eigenvalue weighted by Crippen LogP contribution is -1.99. The van der Waals surface area contributed by atoms with Crippen molar-refractivity contribution in [3.05, 3.63) is 24.3 Å². The third-order valence-electron chi connectivity index (χ3n) is 2.59. The standard InChI is InChI=1S/C11H17N5/c1-16-10(5-7-14-16)9-8-13-11(15-9)4-2-3-6-12/h5,7-8H,2-4,6,12H2,1H3,(H,13,15). The van der Waals surface area contributed by atoms with Gasteiger partial charge in [-0.1, -0.05) is 0 Å². The minimum absolute atomic E-state index is 0.745. The smallest absolute Gasteiger partial charge is 0.106 e. The quantitative estimate of drug-likeness (QED) is 0.739. The Labute approximate surface area is 94.7 Å². The minimum Gasteiger partial charge on any atom is -0.341 e. The molecule has 0 radical (unpaired) electrons. The molecular weight excluding hydrogens is 202 g/mol. The highest BCUT2D eigenvalue weighted by atomic mass is 15.3. The zero-order valence-electron chi connectivity index (χ0n) is 9.48. The third-order valence-corrected chi connectivity index (χ3v) is 2.59. The second kappa shape index (κ2) is 4.94. The highest BCUT2D eigenvalue weighted by Crippen LogP contribution is 2.15. The maximum absolute atomic E-state index is 5.45.